The maximum absolute atomic E-state index is 12.9. The SMILES string of the molecule is CN=C(NCCc1ccc(F)cc1)NCC(C)Cn1cccn1.I. The largest absolute Gasteiger partial charge is 0.356 e. The predicted octanol–water partition coefficient (Wildman–Crippen LogP) is 2.68. The number of hydrogen-bond donors (Lipinski definition) is 2. The molecule has 0 saturated carbocycles. The summed E-state index contributed by atoms with van der Waals surface area (Å²) in [7, 11) is 1.76. The average molecular weight is 445 g/mol. The first-order valence-electron chi connectivity index (χ1n) is 7.83. The minimum atomic E-state index is -0.203. The normalized spacial score (nSPS) is 12.4. The summed E-state index contributed by atoms with van der Waals surface area (Å²) in [5.74, 6) is 1.01. The van der Waals surface area contributed by atoms with E-state index in [1.165, 1.54) is 12.1 Å². The molecule has 1 heterocycles. The molecule has 0 aliphatic carbocycles. The van der Waals surface area contributed by atoms with Gasteiger partial charge < -0.3 is 10.6 Å². The minimum absolute atomic E-state index is 0. The molecule has 1 unspecified atom stereocenters. The molecule has 2 N–H and O–H groups in total. The van der Waals surface area contributed by atoms with Gasteiger partial charge in [0.2, 0.25) is 0 Å². The van der Waals surface area contributed by atoms with Crippen LogP contribution in [-0.4, -0.2) is 35.9 Å². The third-order valence-electron chi connectivity index (χ3n) is 3.52. The molecular weight excluding hydrogens is 420 g/mol. The van der Waals surface area contributed by atoms with Crippen molar-refractivity contribution >= 4 is 29.9 Å². The lowest BCUT2D eigenvalue weighted by Gasteiger charge is -2.16. The van der Waals surface area contributed by atoms with E-state index < -0.39 is 0 Å². The van der Waals surface area contributed by atoms with E-state index in [2.05, 4.69) is 27.6 Å². The van der Waals surface area contributed by atoms with Crippen molar-refractivity contribution in [2.45, 2.75) is 19.9 Å². The Morgan fingerprint density at radius 2 is 2.04 bits per heavy atom. The van der Waals surface area contributed by atoms with E-state index in [4.69, 9.17) is 0 Å². The van der Waals surface area contributed by atoms with Gasteiger partial charge >= 0.3 is 0 Å². The Bertz CT molecular complexity index is 598. The van der Waals surface area contributed by atoms with Crippen LogP contribution in [0.15, 0.2) is 47.7 Å². The van der Waals surface area contributed by atoms with Crippen molar-refractivity contribution < 1.29 is 4.39 Å². The molecule has 7 heteroatoms. The monoisotopic (exact) mass is 445 g/mol. The Morgan fingerprint density at radius 1 is 1.29 bits per heavy atom. The maximum Gasteiger partial charge on any atom is 0.190 e. The van der Waals surface area contributed by atoms with Crippen molar-refractivity contribution in [3.8, 4) is 0 Å². The van der Waals surface area contributed by atoms with Gasteiger partial charge in [0.05, 0.1) is 0 Å². The lowest BCUT2D eigenvalue weighted by atomic mass is 10.1. The maximum atomic E-state index is 12.9. The van der Waals surface area contributed by atoms with Crippen LogP contribution in [0.2, 0.25) is 0 Å². The highest BCUT2D eigenvalue weighted by atomic mass is 127. The molecule has 5 nitrogen and oxygen atoms in total. The zero-order chi connectivity index (χ0) is 16.5. The van der Waals surface area contributed by atoms with Gasteiger partial charge in [-0.05, 0) is 36.1 Å². The van der Waals surface area contributed by atoms with Gasteiger partial charge in [-0.25, -0.2) is 4.39 Å². The van der Waals surface area contributed by atoms with Crippen LogP contribution < -0.4 is 10.6 Å². The summed E-state index contributed by atoms with van der Waals surface area (Å²) in [6, 6.07) is 8.51. The lowest BCUT2D eigenvalue weighted by molar-refractivity contribution is 0.443. The smallest absolute Gasteiger partial charge is 0.190 e. The number of nitrogens with one attached hydrogen (secondary N) is 2. The Kier molecular flexibility index (Phi) is 9.36. The van der Waals surface area contributed by atoms with Gasteiger partial charge in [-0.2, -0.15) is 5.10 Å². The van der Waals surface area contributed by atoms with Crippen molar-refractivity contribution in [3.63, 3.8) is 0 Å². The van der Waals surface area contributed by atoms with Gasteiger partial charge in [-0.3, -0.25) is 9.67 Å². The molecular formula is C17H25FIN5. The van der Waals surface area contributed by atoms with Crippen molar-refractivity contribution in [2.24, 2.45) is 10.9 Å². The summed E-state index contributed by atoms with van der Waals surface area (Å²) < 4.78 is 14.8. The Hall–Kier alpha value is -1.64. The van der Waals surface area contributed by atoms with E-state index in [9.17, 15) is 4.39 Å². The summed E-state index contributed by atoms with van der Waals surface area (Å²) in [6.07, 6.45) is 4.58. The molecule has 132 valence electrons. The zero-order valence-corrected chi connectivity index (χ0v) is 16.4. The zero-order valence-electron chi connectivity index (χ0n) is 14.1. The Balaban J connectivity index is 0.00000288. The molecule has 0 spiro atoms. The molecule has 0 bridgehead atoms. The predicted molar refractivity (Wildman–Crippen MR) is 106 cm³/mol. The van der Waals surface area contributed by atoms with Crippen molar-refractivity contribution in [1.82, 2.24) is 20.4 Å². The van der Waals surface area contributed by atoms with E-state index in [1.54, 1.807) is 25.4 Å². The fourth-order valence-electron chi connectivity index (χ4n) is 2.26. The van der Waals surface area contributed by atoms with E-state index in [1.807, 2.05) is 16.9 Å². The topological polar surface area (TPSA) is 54.2 Å². The summed E-state index contributed by atoms with van der Waals surface area (Å²) >= 11 is 0. The average Bonchev–Trinajstić information content (AvgIpc) is 3.05. The minimum Gasteiger partial charge on any atom is -0.356 e. The number of benzene rings is 1. The van der Waals surface area contributed by atoms with Gasteiger partial charge in [0, 0.05) is 39.1 Å². The van der Waals surface area contributed by atoms with Crippen LogP contribution in [0.3, 0.4) is 0 Å². The standard InChI is InChI=1S/C17H24FN5.HI/c1-14(13-23-11-3-9-22-23)12-21-17(19-2)20-10-8-15-4-6-16(18)7-5-15;/h3-7,9,11,14H,8,10,12-13H2,1-2H3,(H2,19,20,21);1H. The summed E-state index contributed by atoms with van der Waals surface area (Å²) in [4.78, 5) is 4.21. The van der Waals surface area contributed by atoms with E-state index in [0.717, 1.165) is 37.6 Å². The molecule has 0 fully saturated rings. The second kappa shape index (κ2) is 11.0. The number of rotatable bonds is 7. The number of guanidine groups is 1. The number of aliphatic imine (C=N–C) groups is 1. The van der Waals surface area contributed by atoms with E-state index in [-0.39, 0.29) is 29.8 Å². The highest BCUT2D eigenvalue weighted by Gasteiger charge is 2.05. The fourth-order valence-corrected chi connectivity index (χ4v) is 2.26. The Morgan fingerprint density at radius 3 is 2.67 bits per heavy atom. The highest BCUT2D eigenvalue weighted by molar-refractivity contribution is 14.0. The van der Waals surface area contributed by atoms with Crippen LogP contribution in [0, 0.1) is 11.7 Å². The summed E-state index contributed by atoms with van der Waals surface area (Å²) in [5.41, 5.74) is 1.10. The van der Waals surface area contributed by atoms with Crippen LogP contribution >= 0.6 is 24.0 Å². The van der Waals surface area contributed by atoms with Crippen LogP contribution in [0.4, 0.5) is 4.39 Å². The molecule has 2 aromatic rings. The molecule has 1 aromatic carbocycles. The molecule has 0 aliphatic rings. The van der Waals surface area contributed by atoms with Crippen molar-refractivity contribution in [1.29, 1.82) is 0 Å². The molecule has 24 heavy (non-hydrogen) atoms. The first kappa shape index (κ1) is 20.4. The van der Waals surface area contributed by atoms with Crippen LogP contribution in [0.5, 0.6) is 0 Å². The molecule has 2 rings (SSSR count). The van der Waals surface area contributed by atoms with Gasteiger partial charge in [0.1, 0.15) is 5.82 Å². The molecule has 1 aromatic heterocycles. The third kappa shape index (κ3) is 7.29. The number of hydrogen-bond acceptors (Lipinski definition) is 2. The second-order valence-electron chi connectivity index (χ2n) is 5.59. The second-order valence-corrected chi connectivity index (χ2v) is 5.59. The summed E-state index contributed by atoms with van der Waals surface area (Å²) in [5, 5.41) is 10.8. The van der Waals surface area contributed by atoms with Crippen molar-refractivity contribution in [2.75, 3.05) is 20.1 Å². The fraction of sp³-hybridized carbons (Fsp3) is 0.412. The van der Waals surface area contributed by atoms with Crippen LogP contribution in [0.25, 0.3) is 0 Å². The number of aromatic nitrogens is 2. The molecule has 0 saturated heterocycles. The highest BCUT2D eigenvalue weighted by Crippen LogP contribution is 2.02. The molecule has 0 aliphatic heterocycles. The van der Waals surface area contributed by atoms with Crippen LogP contribution in [0.1, 0.15) is 12.5 Å². The molecule has 1 atom stereocenters. The van der Waals surface area contributed by atoms with Gasteiger partial charge in [-0.15, -0.1) is 24.0 Å². The van der Waals surface area contributed by atoms with Crippen molar-refractivity contribution in [3.05, 3.63) is 54.1 Å². The van der Waals surface area contributed by atoms with Gasteiger partial charge in [0.15, 0.2) is 5.96 Å². The number of nitrogens with zero attached hydrogens (tertiary/aromatic N) is 3. The quantitative estimate of drug-likeness (QED) is 0.392. The Labute approximate surface area is 159 Å². The third-order valence-corrected chi connectivity index (χ3v) is 3.52. The number of halogens is 2. The molecule has 0 radical (unpaired) electrons. The van der Waals surface area contributed by atoms with Crippen LogP contribution in [-0.2, 0) is 13.0 Å². The first-order chi connectivity index (χ1) is 11.2. The lowest BCUT2D eigenvalue weighted by Crippen LogP contribution is -2.40. The summed E-state index contributed by atoms with van der Waals surface area (Å²) in [6.45, 7) is 4.60. The molecule has 0 amide bonds. The van der Waals surface area contributed by atoms with Gasteiger partial charge in [0.25, 0.3) is 0 Å². The van der Waals surface area contributed by atoms with Gasteiger partial charge in [-0.1, -0.05) is 19.1 Å². The van der Waals surface area contributed by atoms with E-state index >= 15 is 0 Å². The first-order valence-corrected chi connectivity index (χ1v) is 7.83. The van der Waals surface area contributed by atoms with E-state index in [0.29, 0.717) is 5.92 Å².